The summed E-state index contributed by atoms with van der Waals surface area (Å²) in [5.74, 6) is 0.0478. The highest BCUT2D eigenvalue weighted by Gasteiger charge is 2.22. The first-order valence-electron chi connectivity index (χ1n) is 7.68. The lowest BCUT2D eigenvalue weighted by molar-refractivity contribution is -0.126. The summed E-state index contributed by atoms with van der Waals surface area (Å²) in [6.45, 7) is 3.38. The molecule has 0 saturated heterocycles. The Balaban J connectivity index is 1.55. The number of fused-ring (bicyclic) bond motifs is 3. The molecule has 23 heavy (non-hydrogen) atoms. The van der Waals surface area contributed by atoms with Crippen LogP contribution in [0, 0.1) is 6.92 Å². The number of hydrogen-bond donors (Lipinski definition) is 1. The van der Waals surface area contributed by atoms with E-state index in [4.69, 9.17) is 0 Å². The van der Waals surface area contributed by atoms with Crippen molar-refractivity contribution in [2.45, 2.75) is 19.9 Å². The van der Waals surface area contributed by atoms with Crippen molar-refractivity contribution in [1.82, 2.24) is 14.9 Å². The Kier molecular flexibility index (Phi) is 3.50. The SMILES string of the molecule is Cc1nc(/C=C/C(=O)N2CCc3[nH]c4ccccc4c3C2)cs1. The third-order valence-electron chi connectivity index (χ3n) is 4.23. The minimum absolute atomic E-state index is 0.0478. The second-order valence-electron chi connectivity index (χ2n) is 5.76. The highest BCUT2D eigenvalue weighted by atomic mass is 32.1. The zero-order chi connectivity index (χ0) is 15.8. The van der Waals surface area contributed by atoms with E-state index in [1.54, 1.807) is 23.5 Å². The molecule has 3 aromatic rings. The van der Waals surface area contributed by atoms with Gasteiger partial charge in [0.2, 0.25) is 5.91 Å². The molecule has 0 spiro atoms. The largest absolute Gasteiger partial charge is 0.358 e. The summed E-state index contributed by atoms with van der Waals surface area (Å²) < 4.78 is 0. The third-order valence-corrected chi connectivity index (χ3v) is 5.02. The summed E-state index contributed by atoms with van der Waals surface area (Å²) in [5, 5.41) is 4.20. The summed E-state index contributed by atoms with van der Waals surface area (Å²) in [4.78, 5) is 22.2. The zero-order valence-electron chi connectivity index (χ0n) is 12.9. The number of aromatic nitrogens is 2. The Bertz CT molecular complexity index is 906. The highest BCUT2D eigenvalue weighted by Crippen LogP contribution is 2.27. The fourth-order valence-electron chi connectivity index (χ4n) is 3.07. The van der Waals surface area contributed by atoms with Gasteiger partial charge in [-0.2, -0.15) is 0 Å². The van der Waals surface area contributed by atoms with Crippen LogP contribution in [-0.4, -0.2) is 27.3 Å². The van der Waals surface area contributed by atoms with Crippen molar-refractivity contribution in [1.29, 1.82) is 0 Å². The van der Waals surface area contributed by atoms with Crippen LogP contribution in [0.4, 0.5) is 0 Å². The summed E-state index contributed by atoms with van der Waals surface area (Å²) in [5.41, 5.74) is 4.51. The van der Waals surface area contributed by atoms with Gasteiger partial charge in [0, 0.05) is 53.1 Å². The molecule has 116 valence electrons. The number of nitrogens with zero attached hydrogens (tertiary/aromatic N) is 2. The molecule has 4 rings (SSSR count). The van der Waals surface area contributed by atoms with Crippen LogP contribution in [-0.2, 0) is 17.8 Å². The first kappa shape index (κ1) is 14.2. The summed E-state index contributed by atoms with van der Waals surface area (Å²) in [6, 6.07) is 8.28. The van der Waals surface area contributed by atoms with Gasteiger partial charge in [0.1, 0.15) is 0 Å². The molecule has 0 aliphatic carbocycles. The van der Waals surface area contributed by atoms with Crippen molar-refractivity contribution in [2.24, 2.45) is 0 Å². The molecule has 3 heterocycles. The van der Waals surface area contributed by atoms with Crippen LogP contribution < -0.4 is 0 Å². The van der Waals surface area contributed by atoms with Gasteiger partial charge in [-0.15, -0.1) is 11.3 Å². The molecule has 1 aliphatic rings. The fourth-order valence-corrected chi connectivity index (χ4v) is 3.65. The van der Waals surface area contributed by atoms with Crippen molar-refractivity contribution in [3.8, 4) is 0 Å². The highest BCUT2D eigenvalue weighted by molar-refractivity contribution is 7.09. The number of amides is 1. The number of H-pyrrole nitrogens is 1. The molecule has 0 atom stereocenters. The van der Waals surface area contributed by atoms with Crippen LogP contribution >= 0.6 is 11.3 Å². The van der Waals surface area contributed by atoms with Crippen LogP contribution in [0.1, 0.15) is 22.0 Å². The van der Waals surface area contributed by atoms with Crippen LogP contribution in [0.3, 0.4) is 0 Å². The number of aromatic amines is 1. The Morgan fingerprint density at radius 2 is 2.26 bits per heavy atom. The van der Waals surface area contributed by atoms with Gasteiger partial charge < -0.3 is 9.88 Å². The van der Waals surface area contributed by atoms with Gasteiger partial charge in [-0.3, -0.25) is 4.79 Å². The summed E-state index contributed by atoms with van der Waals surface area (Å²) in [7, 11) is 0. The van der Waals surface area contributed by atoms with E-state index < -0.39 is 0 Å². The maximum atomic E-state index is 12.5. The van der Waals surface area contributed by atoms with Crippen molar-refractivity contribution < 1.29 is 4.79 Å². The molecule has 0 bridgehead atoms. The second kappa shape index (κ2) is 5.66. The average Bonchev–Trinajstić information content (AvgIpc) is 3.15. The molecule has 1 amide bonds. The van der Waals surface area contributed by atoms with Crippen molar-refractivity contribution >= 4 is 34.2 Å². The zero-order valence-corrected chi connectivity index (χ0v) is 13.7. The minimum Gasteiger partial charge on any atom is -0.358 e. The Morgan fingerprint density at radius 1 is 1.39 bits per heavy atom. The Labute approximate surface area is 138 Å². The quantitative estimate of drug-likeness (QED) is 0.734. The lowest BCUT2D eigenvalue weighted by Gasteiger charge is -2.26. The van der Waals surface area contributed by atoms with Crippen LogP contribution in [0.2, 0.25) is 0 Å². The van der Waals surface area contributed by atoms with E-state index in [1.165, 1.54) is 16.6 Å². The molecule has 1 aliphatic heterocycles. The maximum absolute atomic E-state index is 12.5. The van der Waals surface area contributed by atoms with E-state index in [0.717, 1.165) is 29.2 Å². The number of carbonyl (C=O) groups is 1. The molecular formula is C18H17N3OS. The molecule has 1 N–H and O–H groups in total. The molecule has 1 aromatic carbocycles. The van der Waals surface area contributed by atoms with E-state index in [9.17, 15) is 4.79 Å². The maximum Gasteiger partial charge on any atom is 0.246 e. The molecule has 0 unspecified atom stereocenters. The van der Waals surface area contributed by atoms with Crippen LogP contribution in [0.15, 0.2) is 35.7 Å². The number of benzene rings is 1. The van der Waals surface area contributed by atoms with E-state index in [1.807, 2.05) is 29.3 Å². The summed E-state index contributed by atoms with van der Waals surface area (Å²) >= 11 is 1.59. The van der Waals surface area contributed by atoms with E-state index >= 15 is 0 Å². The molecule has 5 heteroatoms. The van der Waals surface area contributed by atoms with Gasteiger partial charge in [0.25, 0.3) is 0 Å². The van der Waals surface area contributed by atoms with Gasteiger partial charge in [0.15, 0.2) is 0 Å². The number of carbonyl (C=O) groups excluding carboxylic acids is 1. The van der Waals surface area contributed by atoms with Gasteiger partial charge >= 0.3 is 0 Å². The molecule has 0 fully saturated rings. The van der Waals surface area contributed by atoms with Crippen molar-refractivity contribution in [3.63, 3.8) is 0 Å². The van der Waals surface area contributed by atoms with Crippen LogP contribution in [0.25, 0.3) is 17.0 Å². The first-order chi connectivity index (χ1) is 11.2. The van der Waals surface area contributed by atoms with Gasteiger partial charge in [-0.25, -0.2) is 4.98 Å². The van der Waals surface area contributed by atoms with E-state index in [0.29, 0.717) is 6.54 Å². The van der Waals surface area contributed by atoms with E-state index in [2.05, 4.69) is 22.1 Å². The Hall–Kier alpha value is -2.40. The first-order valence-corrected chi connectivity index (χ1v) is 8.56. The normalized spacial score (nSPS) is 14.6. The van der Waals surface area contributed by atoms with Crippen molar-refractivity contribution in [3.05, 3.63) is 57.7 Å². The summed E-state index contributed by atoms with van der Waals surface area (Å²) in [6.07, 6.45) is 4.31. The van der Waals surface area contributed by atoms with Gasteiger partial charge in [-0.1, -0.05) is 18.2 Å². The number of para-hydroxylation sites is 1. The molecule has 4 nitrogen and oxygen atoms in total. The second-order valence-corrected chi connectivity index (χ2v) is 6.82. The monoisotopic (exact) mass is 323 g/mol. The number of aryl methyl sites for hydroxylation is 1. The number of thiazole rings is 1. The molecule has 0 saturated carbocycles. The lowest BCUT2D eigenvalue weighted by Crippen LogP contribution is -2.34. The lowest BCUT2D eigenvalue weighted by atomic mass is 10.0. The smallest absolute Gasteiger partial charge is 0.246 e. The predicted octanol–water partition coefficient (Wildman–Crippen LogP) is 3.53. The predicted molar refractivity (Wildman–Crippen MR) is 93.3 cm³/mol. The average molecular weight is 323 g/mol. The van der Waals surface area contributed by atoms with Gasteiger partial charge in [0.05, 0.1) is 10.7 Å². The fraction of sp³-hybridized carbons (Fsp3) is 0.222. The van der Waals surface area contributed by atoms with Crippen LogP contribution in [0.5, 0.6) is 0 Å². The molecular weight excluding hydrogens is 306 g/mol. The third kappa shape index (κ3) is 2.68. The van der Waals surface area contributed by atoms with E-state index in [-0.39, 0.29) is 5.91 Å². The molecule has 2 aromatic heterocycles. The van der Waals surface area contributed by atoms with Crippen molar-refractivity contribution in [2.75, 3.05) is 6.54 Å². The Morgan fingerprint density at radius 3 is 3.09 bits per heavy atom. The number of nitrogens with one attached hydrogen (secondary N) is 1. The molecule has 0 radical (unpaired) electrons. The topological polar surface area (TPSA) is 49.0 Å². The van der Waals surface area contributed by atoms with Gasteiger partial charge in [-0.05, 0) is 19.1 Å². The minimum atomic E-state index is 0.0478. The standard InChI is InChI=1S/C18H17N3OS/c1-12-19-13(11-23-12)6-7-18(22)21-9-8-17-15(10-21)14-4-2-3-5-16(14)20-17/h2-7,11,20H,8-10H2,1H3/b7-6+. The number of rotatable bonds is 2. The number of hydrogen-bond acceptors (Lipinski definition) is 3.